The Kier molecular flexibility index (Phi) is 5.64. The molecule has 1 saturated heterocycles. The summed E-state index contributed by atoms with van der Waals surface area (Å²) >= 11 is 1.97. The molecule has 2 N–H and O–H groups in total. The maximum atomic E-state index is 3.84. The van der Waals surface area contributed by atoms with E-state index in [2.05, 4.69) is 23.8 Å². The molecule has 0 aromatic heterocycles. The first-order valence-electron chi connectivity index (χ1n) is 7.27. The zero-order valence-corrected chi connectivity index (χ0v) is 12.2. The normalized spacial score (nSPS) is 35.3. The van der Waals surface area contributed by atoms with Gasteiger partial charge in [-0.25, -0.2) is 0 Å². The second-order valence-corrected chi connectivity index (χ2v) is 6.78. The largest absolute Gasteiger partial charge is 0.314 e. The molecule has 0 aromatic carbocycles. The van der Waals surface area contributed by atoms with Crippen LogP contribution in [0.25, 0.3) is 0 Å². The van der Waals surface area contributed by atoms with Crippen molar-refractivity contribution in [1.82, 2.24) is 10.6 Å². The van der Waals surface area contributed by atoms with Gasteiger partial charge in [-0.05, 0) is 62.6 Å². The molecule has 2 nitrogen and oxygen atoms in total. The highest BCUT2D eigenvalue weighted by Gasteiger charge is 2.34. The van der Waals surface area contributed by atoms with E-state index in [1.165, 1.54) is 50.9 Å². The van der Waals surface area contributed by atoms with Gasteiger partial charge in [0.05, 0.1) is 0 Å². The third-order valence-electron chi connectivity index (χ3n) is 4.36. The molecule has 0 aromatic rings. The third-order valence-corrected chi connectivity index (χ3v) is 5.27. The number of rotatable bonds is 6. The summed E-state index contributed by atoms with van der Waals surface area (Å²) in [6.45, 7) is 4.81. The lowest BCUT2D eigenvalue weighted by Gasteiger charge is -2.27. The van der Waals surface area contributed by atoms with Gasteiger partial charge in [0.25, 0.3) is 0 Å². The fourth-order valence-electron chi connectivity index (χ4n) is 3.50. The molecule has 1 aliphatic carbocycles. The van der Waals surface area contributed by atoms with E-state index in [-0.39, 0.29) is 0 Å². The van der Waals surface area contributed by atoms with Crippen molar-refractivity contribution in [2.45, 2.75) is 51.1 Å². The van der Waals surface area contributed by atoms with Gasteiger partial charge in [-0.1, -0.05) is 13.3 Å². The molecule has 0 bridgehead atoms. The highest BCUT2D eigenvalue weighted by molar-refractivity contribution is 7.98. The highest BCUT2D eigenvalue weighted by atomic mass is 32.2. The van der Waals surface area contributed by atoms with Gasteiger partial charge in [-0.2, -0.15) is 11.8 Å². The minimum absolute atomic E-state index is 0.787. The van der Waals surface area contributed by atoms with Gasteiger partial charge in [-0.3, -0.25) is 0 Å². The number of hydrogen-bond donors (Lipinski definition) is 2. The summed E-state index contributed by atoms with van der Waals surface area (Å²) in [5.41, 5.74) is 0. The molecule has 4 atom stereocenters. The molecule has 2 fully saturated rings. The SMILES string of the molecule is CSCC(C)CNC1CCCC1C1CCCN1. The Morgan fingerprint density at radius 1 is 1.29 bits per heavy atom. The predicted octanol–water partition coefficient (Wildman–Crippen LogP) is 2.50. The van der Waals surface area contributed by atoms with Gasteiger partial charge in [0, 0.05) is 12.1 Å². The van der Waals surface area contributed by atoms with Gasteiger partial charge in [0.15, 0.2) is 0 Å². The summed E-state index contributed by atoms with van der Waals surface area (Å²) in [4.78, 5) is 0. The lowest BCUT2D eigenvalue weighted by atomic mass is 9.93. The first-order chi connectivity index (χ1) is 8.31. The molecule has 3 heteroatoms. The Hall–Kier alpha value is 0.270. The quantitative estimate of drug-likeness (QED) is 0.763. The molecule has 2 aliphatic rings. The summed E-state index contributed by atoms with van der Waals surface area (Å²) < 4.78 is 0. The van der Waals surface area contributed by atoms with E-state index in [0.29, 0.717) is 0 Å². The van der Waals surface area contributed by atoms with Crippen LogP contribution in [-0.2, 0) is 0 Å². The molecule has 100 valence electrons. The first kappa shape index (κ1) is 13.7. The Balaban J connectivity index is 1.74. The van der Waals surface area contributed by atoms with E-state index in [1.807, 2.05) is 11.8 Å². The standard InChI is InChI=1S/C14H28N2S/c1-11(10-17-2)9-16-14-6-3-5-12(14)13-7-4-8-15-13/h11-16H,3-10H2,1-2H3. The van der Waals surface area contributed by atoms with Crippen LogP contribution in [0, 0.1) is 11.8 Å². The van der Waals surface area contributed by atoms with Gasteiger partial charge < -0.3 is 10.6 Å². The van der Waals surface area contributed by atoms with Crippen LogP contribution in [0.2, 0.25) is 0 Å². The molecule has 1 saturated carbocycles. The lowest BCUT2D eigenvalue weighted by Crippen LogP contribution is -2.43. The van der Waals surface area contributed by atoms with Crippen LogP contribution in [0.1, 0.15) is 39.0 Å². The molecular weight excluding hydrogens is 228 g/mol. The number of nitrogens with one attached hydrogen (secondary N) is 2. The van der Waals surface area contributed by atoms with E-state index in [1.54, 1.807) is 0 Å². The van der Waals surface area contributed by atoms with Crippen LogP contribution < -0.4 is 10.6 Å². The molecule has 1 heterocycles. The van der Waals surface area contributed by atoms with Crippen molar-refractivity contribution >= 4 is 11.8 Å². The average molecular weight is 256 g/mol. The summed E-state index contributed by atoms with van der Waals surface area (Å²) in [5.74, 6) is 2.99. The second-order valence-electron chi connectivity index (χ2n) is 5.87. The molecule has 17 heavy (non-hydrogen) atoms. The Morgan fingerprint density at radius 2 is 2.18 bits per heavy atom. The topological polar surface area (TPSA) is 24.1 Å². The smallest absolute Gasteiger partial charge is 0.0111 e. The highest BCUT2D eigenvalue weighted by Crippen LogP contribution is 2.31. The van der Waals surface area contributed by atoms with Crippen LogP contribution in [0.15, 0.2) is 0 Å². The van der Waals surface area contributed by atoms with Gasteiger partial charge in [0.1, 0.15) is 0 Å². The fourth-order valence-corrected chi connectivity index (χ4v) is 4.18. The number of thioether (sulfide) groups is 1. The van der Waals surface area contributed by atoms with Crippen LogP contribution in [0.5, 0.6) is 0 Å². The Labute approximate surface area is 111 Å². The minimum atomic E-state index is 0.787. The van der Waals surface area contributed by atoms with Crippen molar-refractivity contribution in [2.24, 2.45) is 11.8 Å². The summed E-state index contributed by atoms with van der Waals surface area (Å²) in [6, 6.07) is 1.60. The summed E-state index contributed by atoms with van der Waals surface area (Å²) in [5, 5.41) is 7.54. The van der Waals surface area contributed by atoms with Gasteiger partial charge in [0.2, 0.25) is 0 Å². The number of hydrogen-bond acceptors (Lipinski definition) is 3. The second kappa shape index (κ2) is 7.01. The van der Waals surface area contributed by atoms with Crippen molar-refractivity contribution in [3.05, 3.63) is 0 Å². The van der Waals surface area contributed by atoms with Crippen molar-refractivity contribution in [3.63, 3.8) is 0 Å². The van der Waals surface area contributed by atoms with Crippen molar-refractivity contribution < 1.29 is 0 Å². The van der Waals surface area contributed by atoms with Crippen molar-refractivity contribution in [2.75, 3.05) is 25.1 Å². The Morgan fingerprint density at radius 3 is 2.88 bits per heavy atom. The van der Waals surface area contributed by atoms with Crippen molar-refractivity contribution in [1.29, 1.82) is 0 Å². The van der Waals surface area contributed by atoms with Crippen LogP contribution >= 0.6 is 11.8 Å². The summed E-state index contributed by atoms with van der Waals surface area (Å²) in [6.07, 6.45) is 9.26. The maximum Gasteiger partial charge on any atom is 0.0111 e. The van der Waals surface area contributed by atoms with E-state index in [0.717, 1.165) is 23.9 Å². The fraction of sp³-hybridized carbons (Fsp3) is 1.00. The van der Waals surface area contributed by atoms with Crippen LogP contribution in [-0.4, -0.2) is 37.2 Å². The van der Waals surface area contributed by atoms with Crippen LogP contribution in [0.3, 0.4) is 0 Å². The van der Waals surface area contributed by atoms with E-state index >= 15 is 0 Å². The molecule has 0 amide bonds. The zero-order chi connectivity index (χ0) is 12.1. The summed E-state index contributed by atoms with van der Waals surface area (Å²) in [7, 11) is 0. The molecule has 0 radical (unpaired) electrons. The Bertz CT molecular complexity index is 216. The van der Waals surface area contributed by atoms with E-state index in [4.69, 9.17) is 0 Å². The molecule has 1 aliphatic heterocycles. The molecular formula is C14H28N2S. The van der Waals surface area contributed by atoms with E-state index in [9.17, 15) is 0 Å². The van der Waals surface area contributed by atoms with Gasteiger partial charge >= 0.3 is 0 Å². The zero-order valence-electron chi connectivity index (χ0n) is 11.4. The average Bonchev–Trinajstić information content (AvgIpc) is 2.97. The monoisotopic (exact) mass is 256 g/mol. The third kappa shape index (κ3) is 3.87. The van der Waals surface area contributed by atoms with Crippen LogP contribution in [0.4, 0.5) is 0 Å². The molecule has 2 rings (SSSR count). The molecule has 4 unspecified atom stereocenters. The lowest BCUT2D eigenvalue weighted by molar-refractivity contribution is 0.313. The van der Waals surface area contributed by atoms with E-state index < -0.39 is 0 Å². The minimum Gasteiger partial charge on any atom is -0.314 e. The predicted molar refractivity (Wildman–Crippen MR) is 77.7 cm³/mol. The van der Waals surface area contributed by atoms with Gasteiger partial charge in [-0.15, -0.1) is 0 Å². The first-order valence-corrected chi connectivity index (χ1v) is 8.66. The maximum absolute atomic E-state index is 3.84. The molecule has 0 spiro atoms. The van der Waals surface area contributed by atoms with Crippen molar-refractivity contribution in [3.8, 4) is 0 Å².